The second-order valence-electron chi connectivity index (χ2n) is 2.66. The van der Waals surface area contributed by atoms with Crippen molar-refractivity contribution in [3.05, 3.63) is 35.9 Å². The molecule has 2 rings (SSSR count). The molecule has 0 saturated heterocycles. The molecular weight excluding hydrogens is 181 g/mol. The maximum absolute atomic E-state index is 12.4. The summed E-state index contributed by atoms with van der Waals surface area (Å²) < 4.78 is 37.1. The van der Waals surface area contributed by atoms with Gasteiger partial charge in [0.15, 0.2) is 0 Å². The van der Waals surface area contributed by atoms with Gasteiger partial charge in [0.05, 0.1) is 0 Å². The van der Waals surface area contributed by atoms with Crippen LogP contribution in [0.3, 0.4) is 0 Å². The van der Waals surface area contributed by atoms with Crippen LogP contribution < -0.4 is 0 Å². The third-order valence-corrected chi connectivity index (χ3v) is 1.80. The average molecular weight is 185 g/mol. The number of rotatable bonds is 1. The largest absolute Gasteiger partial charge is 0.442 e. The monoisotopic (exact) mass is 185 g/mol. The molecule has 0 N–H and O–H groups in total. The highest BCUT2D eigenvalue weighted by Gasteiger charge is 2.65. The summed E-state index contributed by atoms with van der Waals surface area (Å²) in [5.74, 6) is 0. The van der Waals surface area contributed by atoms with Gasteiger partial charge in [-0.05, 0) is 12.1 Å². The maximum Gasteiger partial charge on any atom is 0.442 e. The van der Waals surface area contributed by atoms with Crippen molar-refractivity contribution in [1.82, 2.24) is 0 Å². The first-order valence-electron chi connectivity index (χ1n) is 3.54. The third-order valence-electron chi connectivity index (χ3n) is 1.80. The summed E-state index contributed by atoms with van der Waals surface area (Å²) in [5, 5.41) is 6.11. The molecule has 2 nitrogen and oxygen atoms in total. The van der Waals surface area contributed by atoms with Gasteiger partial charge >= 0.3 is 11.8 Å². The zero-order valence-electron chi connectivity index (χ0n) is 6.34. The molecule has 0 amide bonds. The van der Waals surface area contributed by atoms with Gasteiger partial charge in [-0.25, -0.2) is 0 Å². The van der Waals surface area contributed by atoms with Gasteiger partial charge in [0.1, 0.15) is 0 Å². The number of hydrogen-bond donors (Lipinski definition) is 0. The third kappa shape index (κ3) is 1.11. The zero-order chi connectivity index (χ0) is 9.53. The molecule has 0 fully saturated rings. The van der Waals surface area contributed by atoms with Crippen LogP contribution in [-0.2, 0) is 5.66 Å². The predicted molar refractivity (Wildman–Crippen MR) is 37.9 cm³/mol. The van der Waals surface area contributed by atoms with Gasteiger partial charge < -0.3 is 0 Å². The van der Waals surface area contributed by atoms with E-state index >= 15 is 0 Å². The van der Waals surface area contributed by atoms with E-state index in [2.05, 4.69) is 16.3 Å². The van der Waals surface area contributed by atoms with Crippen molar-refractivity contribution in [3.63, 3.8) is 0 Å². The Balaban J connectivity index is 2.38. The van der Waals surface area contributed by atoms with Crippen LogP contribution in [0.1, 0.15) is 5.56 Å². The number of benzene rings is 1. The summed E-state index contributed by atoms with van der Waals surface area (Å²) >= 11 is 0. The van der Waals surface area contributed by atoms with Crippen molar-refractivity contribution in [1.29, 1.82) is 0 Å². The van der Waals surface area contributed by atoms with Crippen LogP contribution in [0, 0.1) is 6.07 Å². The lowest BCUT2D eigenvalue weighted by molar-refractivity contribution is -0.166. The van der Waals surface area contributed by atoms with Crippen molar-refractivity contribution >= 4 is 0 Å². The number of hydrogen-bond acceptors (Lipinski definition) is 2. The highest BCUT2D eigenvalue weighted by Crippen LogP contribution is 2.51. The lowest BCUT2D eigenvalue weighted by atomic mass is 10.0. The Bertz CT molecular complexity index is 336. The number of halogens is 3. The van der Waals surface area contributed by atoms with Crippen molar-refractivity contribution in [2.24, 2.45) is 10.2 Å². The molecule has 0 saturated carbocycles. The van der Waals surface area contributed by atoms with Crippen LogP contribution in [0.2, 0.25) is 0 Å². The molecule has 0 spiro atoms. The van der Waals surface area contributed by atoms with Gasteiger partial charge in [-0.1, -0.05) is 18.2 Å². The van der Waals surface area contributed by atoms with E-state index in [0.717, 1.165) is 0 Å². The standard InChI is InChI=1S/C8H4F3N2/c9-8(10,11)7(12-13-7)6-4-2-1-3-5-6/h1-2,4-5H. The van der Waals surface area contributed by atoms with Gasteiger partial charge in [0.2, 0.25) is 0 Å². The molecule has 1 aromatic carbocycles. The van der Waals surface area contributed by atoms with E-state index in [0.29, 0.717) is 0 Å². The van der Waals surface area contributed by atoms with Gasteiger partial charge in [0, 0.05) is 5.56 Å². The van der Waals surface area contributed by atoms with E-state index < -0.39 is 11.8 Å². The Morgan fingerprint density at radius 3 is 2.38 bits per heavy atom. The summed E-state index contributed by atoms with van der Waals surface area (Å²) in [4.78, 5) is 0. The second kappa shape index (κ2) is 2.31. The lowest BCUT2D eigenvalue weighted by Crippen LogP contribution is -2.29. The van der Waals surface area contributed by atoms with Crippen LogP contribution >= 0.6 is 0 Å². The van der Waals surface area contributed by atoms with Gasteiger partial charge in [0.25, 0.3) is 0 Å². The van der Waals surface area contributed by atoms with E-state index in [1.165, 1.54) is 24.3 Å². The topological polar surface area (TPSA) is 24.7 Å². The van der Waals surface area contributed by atoms with Gasteiger partial charge in [-0.15, -0.1) is 10.2 Å². The van der Waals surface area contributed by atoms with Crippen molar-refractivity contribution in [2.45, 2.75) is 11.8 Å². The summed E-state index contributed by atoms with van der Waals surface area (Å²) in [7, 11) is 0. The van der Waals surface area contributed by atoms with Gasteiger partial charge in [-0.2, -0.15) is 13.2 Å². The van der Waals surface area contributed by atoms with E-state index in [1.54, 1.807) is 0 Å². The molecule has 0 bridgehead atoms. The molecule has 13 heavy (non-hydrogen) atoms. The summed E-state index contributed by atoms with van der Waals surface area (Å²) in [5.41, 5.74) is -2.28. The van der Waals surface area contributed by atoms with E-state index in [1.807, 2.05) is 0 Å². The van der Waals surface area contributed by atoms with E-state index in [-0.39, 0.29) is 5.56 Å². The minimum Gasteiger partial charge on any atom is -0.166 e. The quantitative estimate of drug-likeness (QED) is 0.642. The molecular formula is C8H4F3N2. The van der Waals surface area contributed by atoms with Gasteiger partial charge in [-0.3, -0.25) is 0 Å². The van der Waals surface area contributed by atoms with E-state index in [9.17, 15) is 13.2 Å². The number of alkyl halides is 3. The first-order chi connectivity index (χ1) is 6.06. The summed E-state index contributed by atoms with van der Waals surface area (Å²) in [6.07, 6.45) is -4.44. The fourth-order valence-electron chi connectivity index (χ4n) is 1.05. The molecule has 1 heterocycles. The first kappa shape index (κ1) is 8.22. The molecule has 0 aliphatic carbocycles. The van der Waals surface area contributed by atoms with Crippen LogP contribution in [0.25, 0.3) is 0 Å². The molecule has 1 aliphatic rings. The molecule has 1 aromatic rings. The Labute approximate surface area is 72.1 Å². The SMILES string of the molecule is FC(F)(F)C1(c2c[c]ccc2)N=N1. The molecule has 5 heteroatoms. The predicted octanol–water partition coefficient (Wildman–Crippen LogP) is 2.67. The van der Waals surface area contributed by atoms with Crippen LogP contribution in [-0.4, -0.2) is 6.18 Å². The Morgan fingerprint density at radius 2 is 2.00 bits per heavy atom. The fraction of sp³-hybridized carbons (Fsp3) is 0.250. The second-order valence-corrected chi connectivity index (χ2v) is 2.66. The molecule has 1 radical (unpaired) electrons. The van der Waals surface area contributed by atoms with Crippen LogP contribution in [0.4, 0.5) is 13.2 Å². The average Bonchev–Trinajstić information content (AvgIpc) is 2.84. The first-order valence-corrected chi connectivity index (χ1v) is 3.54. The smallest absolute Gasteiger partial charge is 0.166 e. The highest BCUT2D eigenvalue weighted by molar-refractivity contribution is 5.28. The van der Waals surface area contributed by atoms with Crippen molar-refractivity contribution in [3.8, 4) is 0 Å². The molecule has 67 valence electrons. The molecule has 0 atom stereocenters. The van der Waals surface area contributed by atoms with Crippen LogP contribution in [0.15, 0.2) is 34.5 Å². The minimum absolute atomic E-state index is 0.0162. The van der Waals surface area contributed by atoms with Crippen molar-refractivity contribution < 1.29 is 13.2 Å². The fourth-order valence-corrected chi connectivity index (χ4v) is 1.05. The maximum atomic E-state index is 12.4. The van der Waals surface area contributed by atoms with E-state index in [4.69, 9.17) is 0 Å². The van der Waals surface area contributed by atoms with Crippen molar-refractivity contribution in [2.75, 3.05) is 0 Å². The normalized spacial score (nSPS) is 18.7. The number of nitrogens with zero attached hydrogens (tertiary/aromatic N) is 2. The molecule has 0 unspecified atom stereocenters. The Hall–Kier alpha value is -1.39. The summed E-state index contributed by atoms with van der Waals surface area (Å²) in [6, 6.07) is 8.14. The lowest BCUT2D eigenvalue weighted by Gasteiger charge is -2.13. The Kier molecular flexibility index (Phi) is 1.46. The molecule has 1 aliphatic heterocycles. The Morgan fingerprint density at radius 1 is 1.31 bits per heavy atom. The highest BCUT2D eigenvalue weighted by atomic mass is 19.4. The zero-order valence-corrected chi connectivity index (χ0v) is 6.34. The van der Waals surface area contributed by atoms with Crippen LogP contribution in [0.5, 0.6) is 0 Å². The minimum atomic E-state index is -4.44. The summed E-state index contributed by atoms with van der Waals surface area (Å²) in [6.45, 7) is 0. The molecule has 0 aromatic heterocycles.